The molecule has 0 bridgehead atoms. The minimum absolute atomic E-state index is 0.150. The van der Waals surface area contributed by atoms with Crippen LogP contribution in [0.3, 0.4) is 0 Å². The van der Waals surface area contributed by atoms with E-state index in [1.807, 2.05) is 55.3 Å². The van der Waals surface area contributed by atoms with Gasteiger partial charge in [0.1, 0.15) is 17.5 Å². The van der Waals surface area contributed by atoms with Crippen LogP contribution in [0.5, 0.6) is 5.75 Å². The molecule has 2 aliphatic rings. The number of aromatic nitrogens is 1. The van der Waals surface area contributed by atoms with E-state index >= 15 is 0 Å². The van der Waals surface area contributed by atoms with Crippen molar-refractivity contribution in [1.29, 1.82) is 0 Å². The Morgan fingerprint density at radius 1 is 1.28 bits per heavy atom. The molecule has 0 radical (unpaired) electrons. The van der Waals surface area contributed by atoms with Gasteiger partial charge >= 0.3 is 0 Å². The monoisotopic (exact) mass is 416 g/mol. The Balaban J connectivity index is 1.70. The topological polar surface area (TPSA) is 68.7 Å². The number of nitrogens with zero attached hydrogens (tertiary/aromatic N) is 2. The molecule has 154 valence electrons. The van der Waals surface area contributed by atoms with Crippen LogP contribution in [0, 0.1) is 0 Å². The smallest absolute Gasteiger partial charge is 0.223 e. The fourth-order valence-corrected chi connectivity index (χ4v) is 4.35. The molecule has 0 aliphatic carbocycles. The van der Waals surface area contributed by atoms with Crippen molar-refractivity contribution in [3.63, 3.8) is 0 Å². The number of benzene rings is 1. The highest BCUT2D eigenvalue weighted by Gasteiger charge is 2.49. The van der Waals surface area contributed by atoms with Gasteiger partial charge in [0.05, 0.1) is 18.2 Å². The molecule has 2 aromatic rings. The number of rotatable bonds is 4. The number of ether oxygens (including phenoxy) is 2. The van der Waals surface area contributed by atoms with Crippen LogP contribution in [0.15, 0.2) is 42.7 Å². The predicted octanol–water partition coefficient (Wildman–Crippen LogP) is 3.15. The fraction of sp³-hybridized carbons (Fsp3) is 0.455. The number of halogens is 1. The summed E-state index contributed by atoms with van der Waals surface area (Å²) in [4.78, 5) is 14.8. The Bertz CT molecular complexity index is 901. The molecule has 3 heterocycles. The predicted molar refractivity (Wildman–Crippen MR) is 110 cm³/mol. The number of hydrogen-bond donors (Lipinski definition) is 1. The first-order chi connectivity index (χ1) is 13.8. The second-order valence-corrected chi connectivity index (χ2v) is 8.70. The van der Waals surface area contributed by atoms with Crippen LogP contribution in [0.1, 0.15) is 50.3 Å². The number of likely N-dealkylation sites (tertiary alicyclic amines) is 1. The normalized spacial score (nSPS) is 23.4. The van der Waals surface area contributed by atoms with Gasteiger partial charge in [-0.3, -0.25) is 4.79 Å². The van der Waals surface area contributed by atoms with Crippen LogP contribution in [0.2, 0.25) is 5.02 Å². The molecule has 2 atom stereocenters. The maximum atomic E-state index is 12.8. The van der Waals surface area contributed by atoms with Gasteiger partial charge in [0.15, 0.2) is 0 Å². The lowest BCUT2D eigenvalue weighted by Gasteiger charge is -2.48. The minimum atomic E-state index is -0.622. The highest BCUT2D eigenvalue weighted by molar-refractivity contribution is 6.30. The molecule has 7 heteroatoms. The number of carbonyl (C=O) groups is 1. The van der Waals surface area contributed by atoms with Gasteiger partial charge in [-0.15, -0.1) is 0 Å². The summed E-state index contributed by atoms with van der Waals surface area (Å²) in [5, 5.41) is 0.688. The maximum absolute atomic E-state index is 12.8. The molecule has 2 N–H and O–H groups in total. The SMILES string of the molecule is CC1(C)Oc2cc[n+](N)cc2[C@H](N2CCCCC2=O)[C@H]1OCc1ccc(Cl)cc1. The number of hydrogen-bond acceptors (Lipinski definition) is 4. The molecule has 2 aliphatic heterocycles. The first-order valence-corrected chi connectivity index (χ1v) is 10.4. The van der Waals surface area contributed by atoms with Gasteiger partial charge in [-0.25, -0.2) is 5.84 Å². The average molecular weight is 417 g/mol. The van der Waals surface area contributed by atoms with Crippen molar-refractivity contribution in [3.05, 3.63) is 58.9 Å². The number of nitrogen functional groups attached to an aromatic ring is 1. The third kappa shape index (κ3) is 4.05. The molecule has 0 saturated carbocycles. The van der Waals surface area contributed by atoms with Gasteiger partial charge in [0.2, 0.25) is 18.3 Å². The molecule has 0 unspecified atom stereocenters. The van der Waals surface area contributed by atoms with Crippen molar-refractivity contribution < 1.29 is 18.9 Å². The van der Waals surface area contributed by atoms with Crippen molar-refractivity contribution >= 4 is 17.5 Å². The first-order valence-electron chi connectivity index (χ1n) is 10.00. The summed E-state index contributed by atoms with van der Waals surface area (Å²) in [6.45, 7) is 5.12. The van der Waals surface area contributed by atoms with E-state index in [9.17, 15) is 4.79 Å². The molecule has 4 rings (SSSR count). The molecule has 6 nitrogen and oxygen atoms in total. The fourth-order valence-electron chi connectivity index (χ4n) is 4.23. The Morgan fingerprint density at radius 2 is 2.03 bits per heavy atom. The van der Waals surface area contributed by atoms with Crippen molar-refractivity contribution in [2.24, 2.45) is 0 Å². The van der Waals surface area contributed by atoms with Gasteiger partial charge in [-0.05, 0) is 44.4 Å². The van der Waals surface area contributed by atoms with Crippen LogP contribution in [-0.4, -0.2) is 29.1 Å². The lowest BCUT2D eigenvalue weighted by Crippen LogP contribution is -2.57. The van der Waals surface area contributed by atoms with Crippen LogP contribution in [0.25, 0.3) is 0 Å². The number of nitrogens with two attached hydrogens (primary N) is 1. The molecule has 1 aromatic heterocycles. The lowest BCUT2D eigenvalue weighted by atomic mass is 9.85. The van der Waals surface area contributed by atoms with E-state index < -0.39 is 5.60 Å². The van der Waals surface area contributed by atoms with Crippen LogP contribution < -0.4 is 15.3 Å². The zero-order valence-corrected chi connectivity index (χ0v) is 17.6. The Kier molecular flexibility index (Phi) is 5.40. The molecule has 0 spiro atoms. The van der Waals surface area contributed by atoms with E-state index in [0.29, 0.717) is 24.6 Å². The standard InChI is InChI=1S/C22H27ClN3O3/c1-22(2)21(28-14-15-6-8-16(23)9-7-15)20(26-11-4-3-5-19(26)27)17-13-25(24)12-10-18(17)29-22/h6-10,12-13,20-21H,3-5,11,14,24H2,1-2H3/q+1/t20-,21+/m0/s1. The van der Waals surface area contributed by atoms with Crippen molar-refractivity contribution in [1.82, 2.24) is 4.90 Å². The Labute approximate surface area is 176 Å². The van der Waals surface area contributed by atoms with Gasteiger partial charge in [0, 0.05) is 24.1 Å². The highest BCUT2D eigenvalue weighted by atomic mass is 35.5. The molecular formula is C22H27ClN3O3+. The van der Waals surface area contributed by atoms with E-state index in [-0.39, 0.29) is 18.1 Å². The summed E-state index contributed by atoms with van der Waals surface area (Å²) in [6, 6.07) is 9.18. The van der Waals surface area contributed by atoms with E-state index in [0.717, 1.165) is 29.7 Å². The number of fused-ring (bicyclic) bond motifs is 1. The van der Waals surface area contributed by atoms with Crippen LogP contribution in [-0.2, 0) is 16.1 Å². The summed E-state index contributed by atoms with van der Waals surface area (Å²) in [7, 11) is 0. The third-order valence-electron chi connectivity index (χ3n) is 5.67. The molecule has 1 aromatic carbocycles. The van der Waals surface area contributed by atoms with E-state index in [1.165, 1.54) is 4.68 Å². The largest absolute Gasteiger partial charge is 0.484 e. The van der Waals surface area contributed by atoms with Crippen molar-refractivity contribution in [3.8, 4) is 5.75 Å². The average Bonchev–Trinajstić information content (AvgIpc) is 2.68. The van der Waals surface area contributed by atoms with Crippen molar-refractivity contribution in [2.75, 3.05) is 12.4 Å². The highest BCUT2D eigenvalue weighted by Crippen LogP contribution is 2.44. The number of piperidine rings is 1. The summed E-state index contributed by atoms with van der Waals surface area (Å²) in [5.74, 6) is 6.90. The van der Waals surface area contributed by atoms with Crippen LogP contribution in [0.4, 0.5) is 0 Å². The first kappa shape index (κ1) is 20.0. The maximum Gasteiger partial charge on any atom is 0.223 e. The summed E-state index contributed by atoms with van der Waals surface area (Å²) in [5.41, 5.74) is 1.27. The van der Waals surface area contributed by atoms with Gasteiger partial charge in [-0.1, -0.05) is 28.4 Å². The zero-order chi connectivity index (χ0) is 20.6. The molecule has 1 amide bonds. The number of amides is 1. The summed E-state index contributed by atoms with van der Waals surface area (Å²) in [6.07, 6.45) is 5.70. The molecular weight excluding hydrogens is 390 g/mol. The molecule has 1 saturated heterocycles. The van der Waals surface area contributed by atoms with Gasteiger partial charge < -0.3 is 14.4 Å². The van der Waals surface area contributed by atoms with Crippen LogP contribution >= 0.6 is 11.6 Å². The molecule has 29 heavy (non-hydrogen) atoms. The van der Waals surface area contributed by atoms with Gasteiger partial charge in [0.25, 0.3) is 0 Å². The lowest BCUT2D eigenvalue weighted by molar-refractivity contribution is -0.639. The third-order valence-corrected chi connectivity index (χ3v) is 5.92. The Morgan fingerprint density at radius 3 is 2.76 bits per heavy atom. The zero-order valence-electron chi connectivity index (χ0n) is 16.8. The minimum Gasteiger partial charge on any atom is -0.484 e. The molecule has 1 fully saturated rings. The second kappa shape index (κ2) is 7.84. The summed E-state index contributed by atoms with van der Waals surface area (Å²) >= 11 is 6.00. The van der Waals surface area contributed by atoms with Crippen molar-refractivity contribution in [2.45, 2.75) is 57.5 Å². The van der Waals surface area contributed by atoms with E-state index in [1.54, 1.807) is 6.20 Å². The quantitative estimate of drug-likeness (QED) is 0.614. The van der Waals surface area contributed by atoms with Gasteiger partial charge in [-0.2, -0.15) is 0 Å². The van der Waals surface area contributed by atoms with E-state index in [2.05, 4.69) is 0 Å². The Hall–Kier alpha value is -2.31. The van der Waals surface area contributed by atoms with E-state index in [4.69, 9.17) is 26.9 Å². The number of carbonyl (C=O) groups excluding carboxylic acids is 1. The summed E-state index contributed by atoms with van der Waals surface area (Å²) < 4.78 is 14.2. The second-order valence-electron chi connectivity index (χ2n) is 8.26. The number of pyridine rings is 1.